The van der Waals surface area contributed by atoms with E-state index in [-0.39, 0.29) is 6.03 Å². The summed E-state index contributed by atoms with van der Waals surface area (Å²) in [5.41, 5.74) is 1.13. The number of amides is 2. The van der Waals surface area contributed by atoms with Crippen LogP contribution in [0, 0.1) is 0 Å². The number of hydrogen-bond donors (Lipinski definition) is 1. The van der Waals surface area contributed by atoms with Gasteiger partial charge in [-0.1, -0.05) is 37.3 Å². The molecule has 1 aromatic carbocycles. The van der Waals surface area contributed by atoms with Gasteiger partial charge in [0.1, 0.15) is 0 Å². The van der Waals surface area contributed by atoms with Gasteiger partial charge >= 0.3 is 6.03 Å². The lowest BCUT2D eigenvalue weighted by Crippen LogP contribution is -2.52. The van der Waals surface area contributed by atoms with Crippen LogP contribution in [0.15, 0.2) is 30.3 Å². The topological polar surface area (TPSA) is 44.8 Å². The SMILES string of the molecule is CCCOCCN1CCN(C(=O)NCc2ccccc2)CC1. The molecular weight excluding hydrogens is 278 g/mol. The van der Waals surface area contributed by atoms with Crippen molar-refractivity contribution >= 4 is 6.03 Å². The van der Waals surface area contributed by atoms with E-state index in [0.717, 1.165) is 57.9 Å². The van der Waals surface area contributed by atoms with Crippen molar-refractivity contribution in [1.82, 2.24) is 15.1 Å². The van der Waals surface area contributed by atoms with Crippen LogP contribution < -0.4 is 5.32 Å². The molecule has 5 heteroatoms. The molecule has 0 aromatic heterocycles. The molecule has 1 N–H and O–H groups in total. The minimum atomic E-state index is 0.0331. The normalized spacial score (nSPS) is 15.8. The van der Waals surface area contributed by atoms with E-state index in [2.05, 4.69) is 17.1 Å². The zero-order valence-corrected chi connectivity index (χ0v) is 13.5. The minimum Gasteiger partial charge on any atom is -0.380 e. The number of carbonyl (C=O) groups is 1. The number of nitrogens with one attached hydrogen (secondary N) is 1. The van der Waals surface area contributed by atoms with Crippen LogP contribution in [0.4, 0.5) is 4.79 Å². The van der Waals surface area contributed by atoms with E-state index in [1.807, 2.05) is 35.2 Å². The monoisotopic (exact) mass is 305 g/mol. The van der Waals surface area contributed by atoms with Gasteiger partial charge in [0.15, 0.2) is 0 Å². The van der Waals surface area contributed by atoms with Crippen molar-refractivity contribution in [3.8, 4) is 0 Å². The van der Waals surface area contributed by atoms with Crippen molar-refractivity contribution in [3.05, 3.63) is 35.9 Å². The Bertz CT molecular complexity index is 431. The summed E-state index contributed by atoms with van der Waals surface area (Å²) >= 11 is 0. The summed E-state index contributed by atoms with van der Waals surface area (Å²) in [6.07, 6.45) is 1.06. The lowest BCUT2D eigenvalue weighted by molar-refractivity contribution is 0.0824. The molecule has 0 spiro atoms. The standard InChI is InChI=1S/C17H27N3O2/c1-2-13-22-14-12-19-8-10-20(11-9-19)17(21)18-15-16-6-4-3-5-7-16/h3-7H,2,8-15H2,1H3,(H,18,21). The Morgan fingerprint density at radius 3 is 2.55 bits per heavy atom. The maximum absolute atomic E-state index is 12.1. The number of benzene rings is 1. The smallest absolute Gasteiger partial charge is 0.317 e. The lowest BCUT2D eigenvalue weighted by Gasteiger charge is -2.34. The van der Waals surface area contributed by atoms with Gasteiger partial charge in [-0.3, -0.25) is 4.90 Å². The van der Waals surface area contributed by atoms with Gasteiger partial charge < -0.3 is 15.0 Å². The summed E-state index contributed by atoms with van der Waals surface area (Å²) < 4.78 is 5.51. The summed E-state index contributed by atoms with van der Waals surface area (Å²) in [5, 5.41) is 2.99. The third kappa shape index (κ3) is 5.66. The number of nitrogens with zero attached hydrogens (tertiary/aromatic N) is 2. The largest absolute Gasteiger partial charge is 0.380 e. The first-order chi connectivity index (χ1) is 10.8. The molecule has 5 nitrogen and oxygen atoms in total. The average molecular weight is 305 g/mol. The minimum absolute atomic E-state index is 0.0331. The van der Waals surface area contributed by atoms with Gasteiger partial charge in [0, 0.05) is 45.9 Å². The van der Waals surface area contributed by atoms with Crippen molar-refractivity contribution in [3.63, 3.8) is 0 Å². The van der Waals surface area contributed by atoms with Crippen LogP contribution in [0.2, 0.25) is 0 Å². The van der Waals surface area contributed by atoms with E-state index in [4.69, 9.17) is 4.74 Å². The number of piperazine rings is 1. The first-order valence-corrected chi connectivity index (χ1v) is 8.16. The van der Waals surface area contributed by atoms with E-state index in [1.54, 1.807) is 0 Å². The van der Waals surface area contributed by atoms with Gasteiger partial charge in [-0.25, -0.2) is 4.79 Å². The summed E-state index contributed by atoms with van der Waals surface area (Å²) in [6, 6.07) is 10.0. The van der Waals surface area contributed by atoms with Crippen LogP contribution in [0.5, 0.6) is 0 Å². The highest BCUT2D eigenvalue weighted by atomic mass is 16.5. The fourth-order valence-corrected chi connectivity index (χ4v) is 2.50. The predicted octanol–water partition coefficient (Wildman–Crippen LogP) is 1.94. The Balaban J connectivity index is 1.62. The number of rotatable bonds is 7. The highest BCUT2D eigenvalue weighted by Gasteiger charge is 2.20. The summed E-state index contributed by atoms with van der Waals surface area (Å²) in [4.78, 5) is 16.4. The van der Waals surface area contributed by atoms with Crippen LogP contribution in [0.25, 0.3) is 0 Å². The van der Waals surface area contributed by atoms with Crippen LogP contribution in [-0.2, 0) is 11.3 Å². The number of hydrogen-bond acceptors (Lipinski definition) is 3. The Hall–Kier alpha value is -1.59. The molecular formula is C17H27N3O2. The van der Waals surface area contributed by atoms with Crippen LogP contribution in [0.3, 0.4) is 0 Å². The van der Waals surface area contributed by atoms with E-state index >= 15 is 0 Å². The zero-order chi connectivity index (χ0) is 15.6. The first kappa shape index (κ1) is 16.8. The zero-order valence-electron chi connectivity index (χ0n) is 13.5. The second-order valence-electron chi connectivity index (χ2n) is 5.59. The number of ether oxygens (including phenoxy) is 1. The Morgan fingerprint density at radius 2 is 1.86 bits per heavy atom. The fourth-order valence-electron chi connectivity index (χ4n) is 2.50. The lowest BCUT2D eigenvalue weighted by atomic mass is 10.2. The second kappa shape index (κ2) is 9.43. The van der Waals surface area contributed by atoms with Gasteiger partial charge in [-0.05, 0) is 12.0 Å². The molecule has 1 fully saturated rings. The highest BCUT2D eigenvalue weighted by Crippen LogP contribution is 2.03. The number of urea groups is 1. The quantitative estimate of drug-likeness (QED) is 0.783. The summed E-state index contributed by atoms with van der Waals surface area (Å²) in [7, 11) is 0. The Morgan fingerprint density at radius 1 is 1.14 bits per heavy atom. The molecule has 1 heterocycles. The van der Waals surface area contributed by atoms with E-state index in [0.29, 0.717) is 6.54 Å². The molecule has 1 aliphatic rings. The molecule has 2 rings (SSSR count). The molecule has 0 unspecified atom stereocenters. The average Bonchev–Trinajstić information content (AvgIpc) is 2.58. The fraction of sp³-hybridized carbons (Fsp3) is 0.588. The maximum Gasteiger partial charge on any atom is 0.317 e. The van der Waals surface area contributed by atoms with Crippen molar-refractivity contribution in [1.29, 1.82) is 0 Å². The molecule has 0 radical (unpaired) electrons. The molecule has 22 heavy (non-hydrogen) atoms. The molecule has 122 valence electrons. The molecule has 0 bridgehead atoms. The summed E-state index contributed by atoms with van der Waals surface area (Å²) in [6.45, 7) is 8.71. The van der Waals surface area contributed by atoms with Gasteiger partial charge in [-0.15, -0.1) is 0 Å². The van der Waals surface area contributed by atoms with E-state index in [1.165, 1.54) is 0 Å². The predicted molar refractivity (Wildman–Crippen MR) is 87.8 cm³/mol. The highest BCUT2D eigenvalue weighted by molar-refractivity contribution is 5.74. The Kier molecular flexibility index (Phi) is 7.19. The van der Waals surface area contributed by atoms with E-state index < -0.39 is 0 Å². The molecule has 1 aliphatic heterocycles. The maximum atomic E-state index is 12.1. The van der Waals surface area contributed by atoms with Crippen molar-refractivity contribution in [2.45, 2.75) is 19.9 Å². The van der Waals surface area contributed by atoms with Crippen molar-refractivity contribution < 1.29 is 9.53 Å². The van der Waals surface area contributed by atoms with E-state index in [9.17, 15) is 4.79 Å². The molecule has 1 aromatic rings. The number of carbonyl (C=O) groups excluding carboxylic acids is 1. The third-order valence-electron chi connectivity index (χ3n) is 3.85. The van der Waals surface area contributed by atoms with Gasteiger partial charge in [0.25, 0.3) is 0 Å². The van der Waals surface area contributed by atoms with Gasteiger partial charge in [0.2, 0.25) is 0 Å². The van der Waals surface area contributed by atoms with Crippen molar-refractivity contribution in [2.75, 3.05) is 45.9 Å². The Labute approximate surface area is 133 Å². The third-order valence-corrected chi connectivity index (χ3v) is 3.85. The first-order valence-electron chi connectivity index (χ1n) is 8.16. The van der Waals surface area contributed by atoms with Crippen LogP contribution in [-0.4, -0.2) is 61.8 Å². The second-order valence-corrected chi connectivity index (χ2v) is 5.59. The molecule has 0 atom stereocenters. The molecule has 0 saturated carbocycles. The molecule has 1 saturated heterocycles. The molecule has 0 aliphatic carbocycles. The molecule has 2 amide bonds. The summed E-state index contributed by atoms with van der Waals surface area (Å²) in [5.74, 6) is 0. The van der Waals surface area contributed by atoms with Crippen LogP contribution >= 0.6 is 0 Å². The van der Waals surface area contributed by atoms with Crippen molar-refractivity contribution in [2.24, 2.45) is 0 Å². The van der Waals surface area contributed by atoms with Crippen LogP contribution in [0.1, 0.15) is 18.9 Å². The van der Waals surface area contributed by atoms with Gasteiger partial charge in [0.05, 0.1) is 6.61 Å². The van der Waals surface area contributed by atoms with Gasteiger partial charge in [-0.2, -0.15) is 0 Å².